The number of nitro groups is 1. The molecule has 0 bridgehead atoms. The second-order valence-electron chi connectivity index (χ2n) is 5.06. The van der Waals surface area contributed by atoms with E-state index in [0.29, 0.717) is 11.5 Å². The number of hydrogen-bond donors (Lipinski definition) is 1. The zero-order valence-electron chi connectivity index (χ0n) is 14.5. The van der Waals surface area contributed by atoms with Gasteiger partial charge in [-0.05, 0) is 30.3 Å². The van der Waals surface area contributed by atoms with Gasteiger partial charge in [-0.15, -0.1) is 0 Å². The van der Waals surface area contributed by atoms with Crippen LogP contribution in [0.5, 0.6) is 17.2 Å². The predicted molar refractivity (Wildman–Crippen MR) is 102 cm³/mol. The van der Waals surface area contributed by atoms with Gasteiger partial charge in [0.25, 0.3) is 11.6 Å². The maximum atomic E-state index is 11.8. The minimum atomic E-state index is -0.582. The van der Waals surface area contributed by atoms with Crippen molar-refractivity contribution in [3.8, 4) is 17.2 Å². The normalized spacial score (nSPS) is 10.5. The summed E-state index contributed by atoms with van der Waals surface area (Å²) in [5.74, 6) is 0.521. The number of carbonyl (C=O) groups is 1. The van der Waals surface area contributed by atoms with E-state index >= 15 is 0 Å². The number of halogens is 1. The molecule has 1 N–H and O–H groups in total. The highest BCUT2D eigenvalue weighted by Gasteiger charge is 2.18. The molecule has 0 atom stereocenters. The fourth-order valence-corrected chi connectivity index (χ4v) is 2.30. The van der Waals surface area contributed by atoms with Crippen molar-refractivity contribution in [1.82, 2.24) is 5.43 Å². The first-order valence-corrected chi connectivity index (χ1v) is 8.34. The van der Waals surface area contributed by atoms with Crippen LogP contribution in [0.2, 0.25) is 0 Å². The summed E-state index contributed by atoms with van der Waals surface area (Å²) in [6.07, 6.45) is 1.15. The molecule has 1 amide bonds. The molecule has 27 heavy (non-hydrogen) atoms. The topological polar surface area (TPSA) is 112 Å². The first-order chi connectivity index (χ1) is 12.9. The zero-order chi connectivity index (χ0) is 19.8. The molecule has 142 valence electrons. The summed E-state index contributed by atoms with van der Waals surface area (Å²) < 4.78 is 16.3. The molecular formula is C17H16BrN3O6. The van der Waals surface area contributed by atoms with Crippen molar-refractivity contribution in [2.24, 2.45) is 5.10 Å². The van der Waals surface area contributed by atoms with E-state index in [0.717, 1.165) is 10.7 Å². The number of ether oxygens (including phenoxy) is 3. The maximum Gasteiger partial charge on any atom is 0.282 e. The summed E-state index contributed by atoms with van der Waals surface area (Å²) in [6.45, 7) is -0.257. The Balaban J connectivity index is 2.02. The van der Waals surface area contributed by atoms with Gasteiger partial charge in [0.15, 0.2) is 18.1 Å². The van der Waals surface area contributed by atoms with Crippen molar-refractivity contribution in [3.63, 3.8) is 0 Å². The molecule has 0 aromatic heterocycles. The molecule has 0 fully saturated rings. The molecule has 0 heterocycles. The number of carbonyl (C=O) groups excluding carboxylic acids is 1. The van der Waals surface area contributed by atoms with E-state index in [1.807, 2.05) is 0 Å². The molecule has 0 aliphatic rings. The summed E-state index contributed by atoms with van der Waals surface area (Å²) >= 11 is 3.30. The second-order valence-corrected chi connectivity index (χ2v) is 5.97. The Kier molecular flexibility index (Phi) is 7.12. The number of hydrazone groups is 1. The molecule has 0 aliphatic heterocycles. The number of nitro benzene ring substituents is 1. The van der Waals surface area contributed by atoms with Crippen LogP contribution in [-0.2, 0) is 4.79 Å². The van der Waals surface area contributed by atoms with Gasteiger partial charge in [-0.2, -0.15) is 5.10 Å². The lowest BCUT2D eigenvalue weighted by Gasteiger charge is -2.08. The summed E-state index contributed by atoms with van der Waals surface area (Å²) in [5, 5.41) is 14.9. The van der Waals surface area contributed by atoms with Crippen molar-refractivity contribution >= 4 is 33.7 Å². The highest BCUT2D eigenvalue weighted by molar-refractivity contribution is 9.10. The molecule has 2 rings (SSSR count). The predicted octanol–water partition coefficient (Wildman–Crippen LogP) is 2.90. The lowest BCUT2D eigenvalue weighted by atomic mass is 10.1. The first-order valence-electron chi connectivity index (χ1n) is 7.55. The summed E-state index contributed by atoms with van der Waals surface area (Å²) in [4.78, 5) is 22.4. The van der Waals surface area contributed by atoms with Crippen LogP contribution in [0.4, 0.5) is 5.69 Å². The largest absolute Gasteiger partial charge is 0.493 e. The highest BCUT2D eigenvalue weighted by atomic mass is 79.9. The van der Waals surface area contributed by atoms with Crippen LogP contribution in [-0.4, -0.2) is 37.9 Å². The number of hydrogen-bond acceptors (Lipinski definition) is 7. The Labute approximate surface area is 163 Å². The third-order valence-corrected chi connectivity index (χ3v) is 3.83. The second kappa shape index (κ2) is 9.53. The Morgan fingerprint density at radius 2 is 1.85 bits per heavy atom. The lowest BCUT2D eigenvalue weighted by molar-refractivity contribution is -0.385. The summed E-state index contributed by atoms with van der Waals surface area (Å²) in [7, 11) is 2.78. The molecular weight excluding hydrogens is 422 g/mol. The van der Waals surface area contributed by atoms with Gasteiger partial charge in [-0.25, -0.2) is 5.43 Å². The quantitative estimate of drug-likeness (QED) is 0.385. The first kappa shape index (κ1) is 20.2. The fraction of sp³-hybridized carbons (Fsp3) is 0.176. The Morgan fingerprint density at radius 3 is 2.44 bits per heavy atom. The van der Waals surface area contributed by atoms with Gasteiger partial charge in [-0.1, -0.05) is 15.9 Å². The number of nitrogens with zero attached hydrogens (tertiary/aromatic N) is 2. The van der Waals surface area contributed by atoms with Crippen LogP contribution < -0.4 is 19.6 Å². The van der Waals surface area contributed by atoms with Crippen LogP contribution in [0.15, 0.2) is 46.0 Å². The van der Waals surface area contributed by atoms with Crippen LogP contribution >= 0.6 is 15.9 Å². The molecule has 10 heteroatoms. The van der Waals surface area contributed by atoms with E-state index in [1.165, 1.54) is 26.4 Å². The van der Waals surface area contributed by atoms with Gasteiger partial charge in [-0.3, -0.25) is 14.9 Å². The average Bonchev–Trinajstić information content (AvgIpc) is 2.66. The Bertz CT molecular complexity index is 854. The van der Waals surface area contributed by atoms with Gasteiger partial charge in [0.05, 0.1) is 37.0 Å². The van der Waals surface area contributed by atoms with Crippen molar-refractivity contribution in [3.05, 3.63) is 56.5 Å². The Hall–Kier alpha value is -3.14. The molecule has 0 saturated carbocycles. The van der Waals surface area contributed by atoms with E-state index in [9.17, 15) is 14.9 Å². The molecule has 0 spiro atoms. The third kappa shape index (κ3) is 5.68. The summed E-state index contributed by atoms with van der Waals surface area (Å²) in [6, 6.07) is 9.58. The van der Waals surface area contributed by atoms with E-state index in [4.69, 9.17) is 14.2 Å². The van der Waals surface area contributed by atoms with Crippen molar-refractivity contribution < 1.29 is 23.9 Å². The fourth-order valence-electron chi connectivity index (χ4n) is 2.03. The van der Waals surface area contributed by atoms with Gasteiger partial charge in [0.2, 0.25) is 0 Å². The average molecular weight is 438 g/mol. The van der Waals surface area contributed by atoms with Crippen LogP contribution in [0.1, 0.15) is 5.56 Å². The van der Waals surface area contributed by atoms with Gasteiger partial charge in [0, 0.05) is 4.47 Å². The molecule has 2 aromatic carbocycles. The molecule has 0 saturated heterocycles. The SMILES string of the molecule is COc1cc(C=NNC(=O)COc2ccc(Br)cc2)c([N+](=O)[O-])cc1OC. The van der Waals surface area contributed by atoms with Crippen LogP contribution in [0.25, 0.3) is 0 Å². The van der Waals surface area contributed by atoms with Gasteiger partial charge < -0.3 is 14.2 Å². The monoisotopic (exact) mass is 437 g/mol. The van der Waals surface area contributed by atoms with Crippen molar-refractivity contribution in [2.75, 3.05) is 20.8 Å². The smallest absolute Gasteiger partial charge is 0.282 e. The van der Waals surface area contributed by atoms with E-state index < -0.39 is 10.8 Å². The number of rotatable bonds is 8. The molecule has 0 unspecified atom stereocenters. The molecule has 0 radical (unpaired) electrons. The van der Waals surface area contributed by atoms with Crippen LogP contribution in [0, 0.1) is 10.1 Å². The number of methoxy groups -OCH3 is 2. The van der Waals surface area contributed by atoms with E-state index in [2.05, 4.69) is 26.5 Å². The van der Waals surface area contributed by atoms with Gasteiger partial charge in [0.1, 0.15) is 5.75 Å². The Morgan fingerprint density at radius 1 is 1.22 bits per heavy atom. The van der Waals surface area contributed by atoms with Gasteiger partial charge >= 0.3 is 0 Å². The molecule has 0 aliphatic carbocycles. The zero-order valence-corrected chi connectivity index (χ0v) is 16.1. The van der Waals surface area contributed by atoms with Crippen molar-refractivity contribution in [2.45, 2.75) is 0 Å². The number of amides is 1. The van der Waals surface area contributed by atoms with Crippen LogP contribution in [0.3, 0.4) is 0 Å². The standard InChI is InChI=1S/C17H16BrN3O6/c1-25-15-7-11(14(21(23)24)8-16(15)26-2)9-19-20-17(22)10-27-13-5-3-12(18)4-6-13/h3-9H,10H2,1-2H3,(H,20,22). The number of nitrogens with one attached hydrogen (secondary N) is 1. The summed E-state index contributed by atoms with van der Waals surface area (Å²) in [5.41, 5.74) is 2.15. The lowest BCUT2D eigenvalue weighted by Crippen LogP contribution is -2.24. The van der Waals surface area contributed by atoms with Crippen molar-refractivity contribution in [1.29, 1.82) is 0 Å². The molecule has 9 nitrogen and oxygen atoms in total. The minimum absolute atomic E-state index is 0.145. The molecule has 2 aromatic rings. The van der Waals surface area contributed by atoms with E-state index in [1.54, 1.807) is 24.3 Å². The minimum Gasteiger partial charge on any atom is -0.493 e. The number of benzene rings is 2. The maximum absolute atomic E-state index is 11.8. The highest BCUT2D eigenvalue weighted by Crippen LogP contribution is 2.33. The van der Waals surface area contributed by atoms with E-state index in [-0.39, 0.29) is 23.6 Å². The third-order valence-electron chi connectivity index (χ3n) is 3.31.